The molecule has 0 spiro atoms. The first kappa shape index (κ1) is 11.0. The lowest BCUT2D eigenvalue weighted by Gasteiger charge is -2.35. The molecule has 0 aromatic rings. The van der Waals surface area contributed by atoms with Gasteiger partial charge in [0, 0.05) is 25.7 Å². The predicted molar refractivity (Wildman–Crippen MR) is 56.7 cm³/mol. The maximum atomic E-state index is 5.50. The minimum Gasteiger partial charge on any atom is -0.330 e. The van der Waals surface area contributed by atoms with Crippen molar-refractivity contribution in [1.29, 1.82) is 0 Å². The van der Waals surface area contributed by atoms with Crippen LogP contribution in [0.2, 0.25) is 0 Å². The molecule has 1 rings (SSSR count). The van der Waals surface area contributed by atoms with E-state index < -0.39 is 0 Å². The Morgan fingerprint density at radius 1 is 1.54 bits per heavy atom. The Balaban J connectivity index is 2.25. The summed E-state index contributed by atoms with van der Waals surface area (Å²) in [6, 6.07) is 0.673. The predicted octanol–water partition coefficient (Wildman–Crippen LogP) is 0.265. The van der Waals surface area contributed by atoms with E-state index in [9.17, 15) is 0 Å². The van der Waals surface area contributed by atoms with Crippen molar-refractivity contribution in [3.63, 3.8) is 0 Å². The first-order valence-electron chi connectivity index (χ1n) is 5.40. The molecule has 1 atom stereocenters. The number of nitrogens with one attached hydrogen (secondary N) is 1. The average Bonchev–Trinajstić information content (AvgIpc) is 2.15. The molecule has 78 valence electrons. The van der Waals surface area contributed by atoms with E-state index in [1.807, 2.05) is 0 Å². The quantitative estimate of drug-likeness (QED) is 0.660. The van der Waals surface area contributed by atoms with E-state index in [1.54, 1.807) is 0 Å². The van der Waals surface area contributed by atoms with Gasteiger partial charge in [-0.15, -0.1) is 0 Å². The molecule has 1 aliphatic rings. The zero-order chi connectivity index (χ0) is 9.68. The molecule has 1 saturated heterocycles. The number of nitrogens with two attached hydrogens (primary N) is 1. The molecule has 1 fully saturated rings. The van der Waals surface area contributed by atoms with Crippen molar-refractivity contribution in [2.45, 2.75) is 26.3 Å². The Bertz CT molecular complexity index is 136. The van der Waals surface area contributed by atoms with Crippen molar-refractivity contribution in [2.75, 3.05) is 32.7 Å². The van der Waals surface area contributed by atoms with Gasteiger partial charge in [0.1, 0.15) is 0 Å². The molecular weight excluding hydrogens is 162 g/mol. The van der Waals surface area contributed by atoms with Crippen molar-refractivity contribution in [3.8, 4) is 0 Å². The van der Waals surface area contributed by atoms with Gasteiger partial charge in [-0.25, -0.2) is 0 Å². The molecule has 0 saturated carbocycles. The summed E-state index contributed by atoms with van der Waals surface area (Å²) in [6.07, 6.45) is 1.13. The smallest absolute Gasteiger partial charge is 0.0218 e. The maximum absolute atomic E-state index is 5.50. The van der Waals surface area contributed by atoms with Crippen LogP contribution in [0.4, 0.5) is 0 Å². The highest BCUT2D eigenvalue weighted by Crippen LogP contribution is 2.07. The summed E-state index contributed by atoms with van der Waals surface area (Å²) in [5.74, 6) is 0.737. The van der Waals surface area contributed by atoms with Crippen molar-refractivity contribution in [3.05, 3.63) is 0 Å². The first-order valence-corrected chi connectivity index (χ1v) is 5.40. The highest BCUT2D eigenvalue weighted by molar-refractivity contribution is 4.80. The minimum absolute atomic E-state index is 0.673. The summed E-state index contributed by atoms with van der Waals surface area (Å²) >= 11 is 0. The van der Waals surface area contributed by atoms with Crippen molar-refractivity contribution in [2.24, 2.45) is 11.7 Å². The molecule has 1 aliphatic heterocycles. The highest BCUT2D eigenvalue weighted by Gasteiger charge is 2.20. The molecule has 13 heavy (non-hydrogen) atoms. The summed E-state index contributed by atoms with van der Waals surface area (Å²) in [5, 5.41) is 3.55. The summed E-state index contributed by atoms with van der Waals surface area (Å²) in [6.45, 7) is 10.1. The number of hydrogen-bond donors (Lipinski definition) is 2. The molecule has 3 N–H and O–H groups in total. The van der Waals surface area contributed by atoms with Crippen LogP contribution in [0.15, 0.2) is 0 Å². The standard InChI is InChI=1S/C10H23N3/c1-9(2)10-8-13(6-3-4-11)7-5-12-10/h9-10,12H,3-8,11H2,1-2H3. The van der Waals surface area contributed by atoms with Gasteiger partial charge in [-0.2, -0.15) is 0 Å². The molecule has 0 amide bonds. The SMILES string of the molecule is CC(C)C1CN(CCCN)CCN1. The molecule has 0 aliphatic carbocycles. The van der Waals surface area contributed by atoms with Crippen LogP contribution in [0.1, 0.15) is 20.3 Å². The molecule has 3 heteroatoms. The van der Waals surface area contributed by atoms with E-state index in [2.05, 4.69) is 24.1 Å². The van der Waals surface area contributed by atoms with Crippen LogP contribution < -0.4 is 11.1 Å². The summed E-state index contributed by atoms with van der Waals surface area (Å²) < 4.78 is 0. The number of rotatable bonds is 4. The average molecular weight is 185 g/mol. The molecule has 0 bridgehead atoms. The zero-order valence-corrected chi connectivity index (χ0v) is 8.92. The maximum Gasteiger partial charge on any atom is 0.0218 e. The van der Waals surface area contributed by atoms with Gasteiger partial charge >= 0.3 is 0 Å². The lowest BCUT2D eigenvalue weighted by Crippen LogP contribution is -2.53. The summed E-state index contributed by atoms with van der Waals surface area (Å²) in [4.78, 5) is 2.52. The number of nitrogens with zero attached hydrogens (tertiary/aromatic N) is 1. The molecule has 0 aromatic carbocycles. The second kappa shape index (κ2) is 5.58. The molecule has 0 aromatic heterocycles. The third-order valence-corrected chi connectivity index (χ3v) is 2.77. The van der Waals surface area contributed by atoms with Crippen LogP contribution >= 0.6 is 0 Å². The Morgan fingerprint density at radius 3 is 2.92 bits per heavy atom. The lowest BCUT2D eigenvalue weighted by atomic mass is 10.0. The molecule has 1 unspecified atom stereocenters. The van der Waals surface area contributed by atoms with Gasteiger partial charge in [-0.1, -0.05) is 13.8 Å². The van der Waals surface area contributed by atoms with Gasteiger partial charge in [0.05, 0.1) is 0 Å². The third-order valence-electron chi connectivity index (χ3n) is 2.77. The fraction of sp³-hybridized carbons (Fsp3) is 1.00. The molecule has 3 nitrogen and oxygen atoms in total. The van der Waals surface area contributed by atoms with E-state index in [4.69, 9.17) is 5.73 Å². The summed E-state index contributed by atoms with van der Waals surface area (Å²) in [5.41, 5.74) is 5.50. The Hall–Kier alpha value is -0.120. The van der Waals surface area contributed by atoms with Gasteiger partial charge in [-0.05, 0) is 25.4 Å². The third kappa shape index (κ3) is 3.63. The monoisotopic (exact) mass is 185 g/mol. The Kier molecular flexibility index (Phi) is 4.70. The Labute approximate surface area is 81.7 Å². The number of hydrogen-bond acceptors (Lipinski definition) is 3. The molecule has 1 heterocycles. The highest BCUT2D eigenvalue weighted by atomic mass is 15.2. The largest absolute Gasteiger partial charge is 0.330 e. The minimum atomic E-state index is 0.673. The van der Waals surface area contributed by atoms with Crippen LogP contribution in [0, 0.1) is 5.92 Å². The van der Waals surface area contributed by atoms with Gasteiger partial charge in [0.25, 0.3) is 0 Å². The van der Waals surface area contributed by atoms with Crippen LogP contribution in [0.3, 0.4) is 0 Å². The van der Waals surface area contributed by atoms with Gasteiger partial charge in [0.2, 0.25) is 0 Å². The fourth-order valence-electron chi connectivity index (χ4n) is 1.81. The molecule has 0 radical (unpaired) electrons. The lowest BCUT2D eigenvalue weighted by molar-refractivity contribution is 0.174. The van der Waals surface area contributed by atoms with Crippen LogP contribution in [0.25, 0.3) is 0 Å². The normalized spacial score (nSPS) is 25.4. The van der Waals surface area contributed by atoms with Gasteiger partial charge in [-0.3, -0.25) is 0 Å². The fourth-order valence-corrected chi connectivity index (χ4v) is 1.81. The van der Waals surface area contributed by atoms with Crippen molar-refractivity contribution < 1.29 is 0 Å². The zero-order valence-electron chi connectivity index (χ0n) is 8.92. The van der Waals surface area contributed by atoms with Crippen LogP contribution in [0.5, 0.6) is 0 Å². The first-order chi connectivity index (χ1) is 6.24. The van der Waals surface area contributed by atoms with E-state index >= 15 is 0 Å². The second-order valence-corrected chi connectivity index (χ2v) is 4.25. The van der Waals surface area contributed by atoms with E-state index in [0.717, 1.165) is 25.4 Å². The number of piperazine rings is 1. The van der Waals surface area contributed by atoms with Crippen LogP contribution in [-0.4, -0.2) is 43.7 Å². The molecular formula is C10H23N3. The van der Waals surface area contributed by atoms with Crippen LogP contribution in [-0.2, 0) is 0 Å². The second-order valence-electron chi connectivity index (χ2n) is 4.25. The summed E-state index contributed by atoms with van der Waals surface area (Å²) in [7, 11) is 0. The van der Waals surface area contributed by atoms with Crippen molar-refractivity contribution >= 4 is 0 Å². The van der Waals surface area contributed by atoms with E-state index in [-0.39, 0.29) is 0 Å². The van der Waals surface area contributed by atoms with E-state index in [1.165, 1.54) is 19.6 Å². The van der Waals surface area contributed by atoms with Crippen molar-refractivity contribution in [1.82, 2.24) is 10.2 Å². The topological polar surface area (TPSA) is 41.3 Å². The van der Waals surface area contributed by atoms with Gasteiger partial charge in [0.15, 0.2) is 0 Å². The van der Waals surface area contributed by atoms with Gasteiger partial charge < -0.3 is 16.0 Å². The Morgan fingerprint density at radius 2 is 2.31 bits per heavy atom. The van der Waals surface area contributed by atoms with E-state index in [0.29, 0.717) is 6.04 Å².